The molecule has 0 saturated carbocycles. The van der Waals surface area contributed by atoms with Crippen LogP contribution in [0, 0.1) is 0 Å². The summed E-state index contributed by atoms with van der Waals surface area (Å²) in [6, 6.07) is 0. The number of hydrogen-bond acceptors (Lipinski definition) is 4. The van der Waals surface area contributed by atoms with Gasteiger partial charge < -0.3 is 5.26 Å². The van der Waals surface area contributed by atoms with Crippen LogP contribution in [0.1, 0.15) is 0 Å². The molecule has 0 fully saturated rings. The van der Waals surface area contributed by atoms with Gasteiger partial charge in [-0.05, 0) is 0 Å². The van der Waals surface area contributed by atoms with Crippen LogP contribution in [0.5, 0.6) is 0 Å². The summed E-state index contributed by atoms with van der Waals surface area (Å²) in [7, 11) is 0. The third-order valence-electron chi connectivity index (χ3n) is 0.0304. The van der Waals surface area contributed by atoms with Gasteiger partial charge in [0.2, 0.25) is 0 Å². The van der Waals surface area contributed by atoms with E-state index in [2.05, 4.69) is 10.1 Å². The molecule has 0 unspecified atom stereocenters. The van der Waals surface area contributed by atoms with Crippen molar-refractivity contribution in [3.05, 3.63) is 0 Å². The van der Waals surface area contributed by atoms with E-state index in [0.29, 0.717) is 0 Å². The van der Waals surface area contributed by atoms with Gasteiger partial charge in [-0.3, -0.25) is 5.04 Å². The second-order valence-corrected chi connectivity index (χ2v) is 0.143. The maximum absolute atomic E-state index is 8.33. The summed E-state index contributed by atoms with van der Waals surface area (Å²) in [4.78, 5) is 0. The van der Waals surface area contributed by atoms with E-state index >= 15 is 0 Å². The van der Waals surface area contributed by atoms with Crippen LogP contribution in [-0.4, -0.2) is 5.26 Å². The van der Waals surface area contributed by atoms with Crippen molar-refractivity contribution in [3.8, 4) is 0 Å². The minimum atomic E-state index is 0. The molecule has 26 valence electrons. The Kier molecular flexibility index (Phi) is 16.4. The van der Waals surface area contributed by atoms with Crippen molar-refractivity contribution in [2.45, 2.75) is 0 Å². The van der Waals surface area contributed by atoms with E-state index in [1.165, 1.54) is 0 Å². The van der Waals surface area contributed by atoms with Crippen LogP contribution >= 0.6 is 0 Å². The average Bonchev–Trinajstić information content (AvgIpc) is 1.37. The van der Waals surface area contributed by atoms with Gasteiger partial charge >= 0.3 is 29.6 Å². The number of hydrogen-bond donors (Lipinski definition) is 1. The van der Waals surface area contributed by atoms with E-state index in [-0.39, 0.29) is 29.6 Å². The molecule has 5 heavy (non-hydrogen) atoms. The molecule has 0 aliphatic rings. The van der Waals surface area contributed by atoms with E-state index in [1.807, 2.05) is 0 Å². The van der Waals surface area contributed by atoms with Crippen molar-refractivity contribution in [1.29, 1.82) is 0 Å². The summed E-state index contributed by atoms with van der Waals surface area (Å²) >= 11 is 0. The predicted molar refractivity (Wildman–Crippen MR) is 4.80 cm³/mol. The fourth-order valence-electron chi connectivity index (χ4n) is 0. The van der Waals surface area contributed by atoms with E-state index in [0.717, 1.165) is 0 Å². The average molecular weight is 88.0 g/mol. The van der Waals surface area contributed by atoms with E-state index in [1.54, 1.807) is 0 Å². The molecular formula is HNaO4. The summed E-state index contributed by atoms with van der Waals surface area (Å²) in [5, 5.41) is 20.0. The topological polar surface area (TPSA) is 61.8 Å². The Morgan fingerprint density at radius 1 is 1.60 bits per heavy atom. The molecule has 0 bridgehead atoms. The molecule has 0 aromatic carbocycles. The zero-order valence-corrected chi connectivity index (χ0v) is 4.67. The smallest absolute Gasteiger partial charge is 0.690 e. The van der Waals surface area contributed by atoms with Crippen LogP contribution in [0.4, 0.5) is 0 Å². The Hall–Kier alpha value is 0.840. The Morgan fingerprint density at radius 2 is 1.80 bits per heavy atom. The largest absolute Gasteiger partial charge is 1.00 e. The molecule has 0 aromatic heterocycles. The van der Waals surface area contributed by atoms with Crippen molar-refractivity contribution >= 4 is 0 Å². The molecule has 4 nitrogen and oxygen atoms in total. The summed E-state index contributed by atoms with van der Waals surface area (Å²) in [5.41, 5.74) is 0. The molecule has 5 heteroatoms. The van der Waals surface area contributed by atoms with Crippen LogP contribution in [-0.2, 0) is 10.1 Å². The van der Waals surface area contributed by atoms with Crippen LogP contribution < -0.4 is 34.8 Å². The van der Waals surface area contributed by atoms with Gasteiger partial charge in [0.1, 0.15) is 0 Å². The van der Waals surface area contributed by atoms with Crippen LogP contribution in [0.15, 0.2) is 0 Å². The monoisotopic (exact) mass is 88.0 g/mol. The van der Waals surface area contributed by atoms with Crippen molar-refractivity contribution < 1.29 is 50.1 Å². The molecule has 0 amide bonds. The van der Waals surface area contributed by atoms with Crippen molar-refractivity contribution in [3.63, 3.8) is 0 Å². The maximum atomic E-state index is 8.33. The summed E-state index contributed by atoms with van der Waals surface area (Å²) in [5.74, 6) is 0. The molecule has 0 rings (SSSR count). The van der Waals surface area contributed by atoms with Crippen molar-refractivity contribution in [2.75, 3.05) is 0 Å². The quantitative estimate of drug-likeness (QED) is 0.200. The van der Waals surface area contributed by atoms with Crippen molar-refractivity contribution in [1.82, 2.24) is 0 Å². The third-order valence-corrected chi connectivity index (χ3v) is 0.0304. The third kappa shape index (κ3) is 11.5. The van der Waals surface area contributed by atoms with Gasteiger partial charge in [0.05, 0.1) is 0 Å². The fraction of sp³-hybridized carbons (Fsp3) is 0. The Morgan fingerprint density at radius 3 is 1.80 bits per heavy atom. The van der Waals surface area contributed by atoms with Gasteiger partial charge in [-0.25, -0.2) is 5.26 Å². The van der Waals surface area contributed by atoms with Crippen LogP contribution in [0.3, 0.4) is 0 Å². The minimum Gasteiger partial charge on any atom is -0.690 e. The first kappa shape index (κ1) is 9.28. The van der Waals surface area contributed by atoms with Crippen LogP contribution in [0.25, 0.3) is 0 Å². The molecule has 0 saturated heterocycles. The Balaban J connectivity index is 0. The standard InChI is InChI=1S/Na.H2O4/c;1-3-4-2/h;1-2H/q+1;/p-1. The van der Waals surface area contributed by atoms with E-state index in [4.69, 9.17) is 10.5 Å². The van der Waals surface area contributed by atoms with Gasteiger partial charge in [0, 0.05) is 0 Å². The van der Waals surface area contributed by atoms with Gasteiger partial charge in [-0.1, -0.05) is 5.04 Å². The predicted octanol–water partition coefficient (Wildman–Crippen LogP) is -4.31. The summed E-state index contributed by atoms with van der Waals surface area (Å²) in [6.07, 6.45) is 0. The second-order valence-electron chi connectivity index (χ2n) is 0.143. The zero-order chi connectivity index (χ0) is 3.41. The maximum Gasteiger partial charge on any atom is 1.00 e. The van der Waals surface area contributed by atoms with Gasteiger partial charge in [0.25, 0.3) is 0 Å². The first-order valence-corrected chi connectivity index (χ1v) is 0.516. The second kappa shape index (κ2) is 8.85. The van der Waals surface area contributed by atoms with Gasteiger partial charge in [-0.2, -0.15) is 0 Å². The minimum absolute atomic E-state index is 0. The number of rotatable bonds is 1. The van der Waals surface area contributed by atoms with E-state index in [9.17, 15) is 0 Å². The molecular weight excluding hydrogens is 87.0 g/mol. The molecule has 0 radical (unpaired) electrons. The zero-order valence-electron chi connectivity index (χ0n) is 2.67. The van der Waals surface area contributed by atoms with Crippen LogP contribution in [0.2, 0.25) is 0 Å². The normalized spacial score (nSPS) is 6.00. The van der Waals surface area contributed by atoms with Gasteiger partial charge in [0.15, 0.2) is 0 Å². The SMILES string of the molecule is [Na+].[O-]OOO. The first-order valence-electron chi connectivity index (χ1n) is 0.516. The Bertz CT molecular complexity index is 5.61. The van der Waals surface area contributed by atoms with Gasteiger partial charge in [-0.15, -0.1) is 0 Å². The summed E-state index contributed by atoms with van der Waals surface area (Å²) < 4.78 is 0. The molecule has 0 atom stereocenters. The van der Waals surface area contributed by atoms with E-state index < -0.39 is 0 Å². The van der Waals surface area contributed by atoms with Crippen molar-refractivity contribution in [2.24, 2.45) is 0 Å². The molecule has 0 aliphatic carbocycles. The molecule has 0 aromatic rings. The molecule has 0 aliphatic heterocycles. The molecule has 1 N–H and O–H groups in total. The Labute approximate surface area is 50.4 Å². The molecule has 0 spiro atoms. The fourth-order valence-corrected chi connectivity index (χ4v) is 0. The molecule has 0 heterocycles. The first-order chi connectivity index (χ1) is 1.91. The summed E-state index contributed by atoms with van der Waals surface area (Å²) in [6.45, 7) is 0.